The van der Waals surface area contributed by atoms with Gasteiger partial charge >= 0.3 is 6.09 Å². The lowest BCUT2D eigenvalue weighted by molar-refractivity contribution is -0.130. The molecule has 0 bridgehead atoms. The van der Waals surface area contributed by atoms with E-state index in [1.165, 1.54) is 0 Å². The first-order valence-corrected chi connectivity index (χ1v) is 8.21. The Labute approximate surface area is 150 Å². The van der Waals surface area contributed by atoms with E-state index in [0.29, 0.717) is 36.4 Å². The molecular weight excluding hydrogens is 326 g/mol. The summed E-state index contributed by atoms with van der Waals surface area (Å²) in [7, 11) is 7.40. The maximum atomic E-state index is 12.1. The molecule has 2 radical (unpaired) electrons. The van der Waals surface area contributed by atoms with Crippen molar-refractivity contribution in [3.63, 3.8) is 0 Å². The molecule has 0 saturated carbocycles. The lowest BCUT2D eigenvalue weighted by Crippen LogP contribution is -2.33. The molecule has 5 nitrogen and oxygen atoms in total. The van der Waals surface area contributed by atoms with Crippen LogP contribution in [0.3, 0.4) is 0 Å². The van der Waals surface area contributed by atoms with Gasteiger partial charge in [0.15, 0.2) is 0 Å². The van der Waals surface area contributed by atoms with Gasteiger partial charge in [0.25, 0.3) is 0 Å². The van der Waals surface area contributed by atoms with Crippen molar-refractivity contribution in [2.75, 3.05) is 13.6 Å². The predicted octanol–water partition coefficient (Wildman–Crippen LogP) is 2.40. The lowest BCUT2D eigenvalue weighted by atomic mass is 9.95. The van der Waals surface area contributed by atoms with Crippen LogP contribution in [0, 0.1) is 0 Å². The summed E-state index contributed by atoms with van der Waals surface area (Å²) in [5.41, 5.74) is 0.903. The molecule has 1 rings (SSSR count). The molecule has 7 heteroatoms. The van der Waals surface area contributed by atoms with Crippen molar-refractivity contribution >= 4 is 36.9 Å². The average molecular weight is 351 g/mol. The minimum absolute atomic E-state index is 0.00561. The van der Waals surface area contributed by atoms with Crippen molar-refractivity contribution in [2.24, 2.45) is 0 Å². The van der Waals surface area contributed by atoms with Gasteiger partial charge in [0, 0.05) is 31.6 Å². The van der Waals surface area contributed by atoms with Crippen molar-refractivity contribution in [1.82, 2.24) is 10.2 Å². The normalized spacial score (nSPS) is 11.0. The monoisotopic (exact) mass is 350 g/mol. The number of amides is 2. The van der Waals surface area contributed by atoms with E-state index in [4.69, 9.17) is 24.2 Å². The summed E-state index contributed by atoms with van der Waals surface area (Å²) in [4.78, 5) is 25.2. The quantitative estimate of drug-likeness (QED) is 0.633. The summed E-state index contributed by atoms with van der Waals surface area (Å²) >= 11 is 5.97. The minimum atomic E-state index is -0.527. The van der Waals surface area contributed by atoms with Crippen LogP contribution in [0.2, 0.25) is 5.02 Å². The van der Waals surface area contributed by atoms with E-state index in [-0.39, 0.29) is 5.91 Å². The molecule has 1 aromatic carbocycles. The van der Waals surface area contributed by atoms with Gasteiger partial charge in [-0.1, -0.05) is 29.2 Å². The first kappa shape index (κ1) is 20.4. The molecule has 0 atom stereocenters. The first-order valence-electron chi connectivity index (χ1n) is 7.83. The second-order valence-electron chi connectivity index (χ2n) is 6.64. The van der Waals surface area contributed by atoms with Crippen LogP contribution >= 0.6 is 11.6 Å². The number of hydrogen-bond acceptors (Lipinski definition) is 3. The highest BCUT2D eigenvalue weighted by atomic mass is 35.5. The van der Waals surface area contributed by atoms with Crippen molar-refractivity contribution in [3.05, 3.63) is 28.8 Å². The number of nitrogens with one attached hydrogen (secondary N) is 1. The summed E-state index contributed by atoms with van der Waals surface area (Å²) < 4.78 is 5.12. The zero-order valence-corrected chi connectivity index (χ0v) is 15.4. The molecule has 0 aromatic heterocycles. The van der Waals surface area contributed by atoms with Gasteiger partial charge in [0.1, 0.15) is 13.4 Å². The van der Waals surface area contributed by atoms with Crippen LogP contribution in [-0.2, 0) is 16.1 Å². The van der Waals surface area contributed by atoms with Gasteiger partial charge in [-0.05, 0) is 38.8 Å². The highest BCUT2D eigenvalue weighted by molar-refractivity contribution is 6.45. The van der Waals surface area contributed by atoms with Crippen LogP contribution in [0.15, 0.2) is 18.2 Å². The van der Waals surface area contributed by atoms with Crippen molar-refractivity contribution in [2.45, 2.75) is 45.8 Å². The summed E-state index contributed by atoms with van der Waals surface area (Å²) in [6, 6.07) is 5.32. The van der Waals surface area contributed by atoms with E-state index in [1.54, 1.807) is 44.9 Å². The SMILES string of the molecule is [B]c1ccc(CN(C)C(=O)CCCNC(=O)OC(C)(C)C)cc1Cl. The molecule has 130 valence electrons. The molecule has 0 aliphatic heterocycles. The number of alkyl carbamates (subject to hydrolysis) is 1. The molecule has 0 unspecified atom stereocenters. The maximum absolute atomic E-state index is 12.1. The fourth-order valence-corrected chi connectivity index (χ4v) is 2.17. The van der Waals surface area contributed by atoms with Gasteiger partial charge in [-0.3, -0.25) is 4.79 Å². The number of benzene rings is 1. The van der Waals surface area contributed by atoms with Gasteiger partial charge in [-0.15, -0.1) is 0 Å². The minimum Gasteiger partial charge on any atom is -0.444 e. The Bertz CT molecular complexity index is 588. The summed E-state index contributed by atoms with van der Waals surface area (Å²) in [5.74, 6) is -0.00561. The van der Waals surface area contributed by atoms with Crippen LogP contribution in [0.25, 0.3) is 0 Å². The summed E-state index contributed by atoms with van der Waals surface area (Å²) in [6.45, 7) is 6.25. The molecule has 0 fully saturated rings. The lowest BCUT2D eigenvalue weighted by Gasteiger charge is -2.20. The highest BCUT2D eigenvalue weighted by Crippen LogP contribution is 2.11. The summed E-state index contributed by atoms with van der Waals surface area (Å²) in [6.07, 6.45) is 0.416. The smallest absolute Gasteiger partial charge is 0.407 e. The third-order valence-electron chi connectivity index (χ3n) is 3.15. The number of ether oxygens (including phenoxy) is 1. The largest absolute Gasteiger partial charge is 0.444 e. The molecule has 0 aliphatic rings. The van der Waals surface area contributed by atoms with E-state index in [0.717, 1.165) is 5.56 Å². The molecule has 0 heterocycles. The van der Waals surface area contributed by atoms with Crippen LogP contribution < -0.4 is 10.8 Å². The number of carbonyl (C=O) groups is 2. The predicted molar refractivity (Wildman–Crippen MR) is 96.8 cm³/mol. The van der Waals surface area contributed by atoms with E-state index >= 15 is 0 Å². The van der Waals surface area contributed by atoms with E-state index in [1.807, 2.05) is 6.07 Å². The van der Waals surface area contributed by atoms with Crippen LogP contribution in [0.5, 0.6) is 0 Å². The van der Waals surface area contributed by atoms with Gasteiger partial charge in [0.05, 0.1) is 0 Å². The molecule has 24 heavy (non-hydrogen) atoms. The average Bonchev–Trinajstić information content (AvgIpc) is 2.45. The van der Waals surface area contributed by atoms with Crippen LogP contribution in [0.1, 0.15) is 39.2 Å². The van der Waals surface area contributed by atoms with E-state index in [2.05, 4.69) is 5.32 Å². The zero-order chi connectivity index (χ0) is 18.3. The van der Waals surface area contributed by atoms with E-state index in [9.17, 15) is 9.59 Å². The standard InChI is InChI=1S/C17H24BClN2O3/c1-17(2,3)24-16(23)20-9-5-6-15(22)21(4)11-12-7-8-13(18)14(19)10-12/h7-8,10H,5-6,9,11H2,1-4H3,(H,20,23). The Morgan fingerprint density at radius 2 is 2.00 bits per heavy atom. The van der Waals surface area contributed by atoms with Gasteiger partial charge in [0.2, 0.25) is 5.91 Å². The number of rotatable bonds is 6. The number of hydrogen-bond donors (Lipinski definition) is 1. The van der Waals surface area contributed by atoms with Crippen molar-refractivity contribution in [1.29, 1.82) is 0 Å². The Balaban J connectivity index is 2.32. The molecule has 2 amide bonds. The number of carbonyl (C=O) groups excluding carboxylic acids is 2. The Kier molecular flexibility index (Phi) is 7.61. The first-order chi connectivity index (χ1) is 11.1. The van der Waals surface area contributed by atoms with Gasteiger partial charge in [-0.25, -0.2) is 4.79 Å². The third-order valence-corrected chi connectivity index (χ3v) is 3.47. The Morgan fingerprint density at radius 1 is 1.33 bits per heavy atom. The zero-order valence-electron chi connectivity index (χ0n) is 14.7. The van der Waals surface area contributed by atoms with E-state index < -0.39 is 11.7 Å². The van der Waals surface area contributed by atoms with Crippen LogP contribution in [-0.4, -0.2) is 43.9 Å². The topological polar surface area (TPSA) is 58.6 Å². The second kappa shape index (κ2) is 8.97. The van der Waals surface area contributed by atoms with Gasteiger partial charge < -0.3 is 15.0 Å². The molecule has 1 N–H and O–H groups in total. The van der Waals surface area contributed by atoms with Gasteiger partial charge in [-0.2, -0.15) is 0 Å². The maximum Gasteiger partial charge on any atom is 0.407 e. The Hall–Kier alpha value is -1.69. The molecule has 0 aliphatic carbocycles. The molecule has 1 aromatic rings. The fourth-order valence-electron chi connectivity index (χ4n) is 1.97. The number of nitrogens with zero attached hydrogens (tertiary/aromatic N) is 1. The second-order valence-corrected chi connectivity index (χ2v) is 7.05. The summed E-state index contributed by atoms with van der Waals surface area (Å²) in [5, 5.41) is 3.12. The molecule has 0 spiro atoms. The fraction of sp³-hybridized carbons (Fsp3) is 0.529. The van der Waals surface area contributed by atoms with Crippen LogP contribution in [0.4, 0.5) is 4.79 Å². The molecule has 0 saturated heterocycles. The third kappa shape index (κ3) is 7.73. The Morgan fingerprint density at radius 3 is 2.58 bits per heavy atom. The van der Waals surface area contributed by atoms with Crippen molar-refractivity contribution < 1.29 is 14.3 Å². The number of halogens is 1. The molecular formula is C17H24BClN2O3. The highest BCUT2D eigenvalue weighted by Gasteiger charge is 2.16. The van der Waals surface area contributed by atoms with Crippen molar-refractivity contribution in [3.8, 4) is 0 Å².